The first-order valence-electron chi connectivity index (χ1n) is 8.04. The Morgan fingerprint density at radius 3 is 2.68 bits per heavy atom. The minimum atomic E-state index is -0.191. The molecule has 3 heterocycles. The van der Waals surface area contributed by atoms with Crippen molar-refractivity contribution in [1.82, 2.24) is 4.90 Å². The Hall–Kier alpha value is -1.32. The predicted octanol–water partition coefficient (Wildman–Crippen LogP) is 3.31. The Morgan fingerprint density at radius 2 is 1.95 bits per heavy atom. The molecular formula is C18H20ClNO2. The maximum absolute atomic E-state index is 12.5. The molecule has 3 saturated heterocycles. The number of ether oxygens (including phenoxy) is 1. The van der Waals surface area contributed by atoms with Gasteiger partial charge in [0.25, 0.3) is 0 Å². The number of esters is 1. The second kappa shape index (κ2) is 5.39. The van der Waals surface area contributed by atoms with E-state index < -0.39 is 0 Å². The van der Waals surface area contributed by atoms with Gasteiger partial charge >= 0.3 is 5.97 Å². The molecule has 0 N–H and O–H groups in total. The van der Waals surface area contributed by atoms with Crippen LogP contribution in [-0.2, 0) is 16.0 Å². The van der Waals surface area contributed by atoms with Crippen molar-refractivity contribution in [2.75, 3.05) is 26.2 Å². The SMILES string of the molecule is O=C(OCC12CCN(CC1)CC2)C1=CCc2ccc(Cl)cc21. The van der Waals surface area contributed by atoms with E-state index in [0.29, 0.717) is 17.2 Å². The van der Waals surface area contributed by atoms with Crippen molar-refractivity contribution in [3.05, 3.63) is 40.4 Å². The van der Waals surface area contributed by atoms with Crippen LogP contribution < -0.4 is 0 Å². The summed E-state index contributed by atoms with van der Waals surface area (Å²) < 4.78 is 5.71. The molecule has 3 nitrogen and oxygen atoms in total. The number of fused-ring (bicyclic) bond motifs is 4. The second-order valence-electron chi connectivity index (χ2n) is 6.79. The number of rotatable bonds is 3. The first-order chi connectivity index (χ1) is 10.7. The van der Waals surface area contributed by atoms with Crippen LogP contribution in [-0.4, -0.2) is 37.1 Å². The molecule has 5 rings (SSSR count). The van der Waals surface area contributed by atoms with Crippen LogP contribution in [0.15, 0.2) is 24.3 Å². The molecule has 1 aromatic rings. The summed E-state index contributed by atoms with van der Waals surface area (Å²) in [4.78, 5) is 15.0. The molecule has 0 saturated carbocycles. The van der Waals surface area contributed by atoms with Gasteiger partial charge in [0.05, 0.1) is 12.2 Å². The minimum absolute atomic E-state index is 0.191. The summed E-state index contributed by atoms with van der Waals surface area (Å²) in [5, 5.41) is 0.664. The number of nitrogens with zero attached hydrogens (tertiary/aromatic N) is 1. The predicted molar refractivity (Wildman–Crippen MR) is 86.8 cm³/mol. The van der Waals surface area contributed by atoms with Crippen LogP contribution >= 0.6 is 11.6 Å². The summed E-state index contributed by atoms with van der Waals surface area (Å²) in [6.07, 6.45) is 6.22. The quantitative estimate of drug-likeness (QED) is 0.801. The fourth-order valence-electron chi connectivity index (χ4n) is 3.90. The van der Waals surface area contributed by atoms with Gasteiger partial charge in [-0.15, -0.1) is 0 Å². The number of halogens is 1. The Labute approximate surface area is 135 Å². The lowest BCUT2D eigenvalue weighted by molar-refractivity contribution is -0.143. The number of hydrogen-bond donors (Lipinski definition) is 0. The molecule has 3 fully saturated rings. The Morgan fingerprint density at radius 1 is 1.23 bits per heavy atom. The molecule has 4 aliphatic rings. The third kappa shape index (κ3) is 2.46. The van der Waals surface area contributed by atoms with Crippen LogP contribution in [0.25, 0.3) is 5.57 Å². The van der Waals surface area contributed by atoms with Crippen molar-refractivity contribution in [3.63, 3.8) is 0 Å². The summed E-state index contributed by atoms with van der Waals surface area (Å²) in [6.45, 7) is 4.02. The van der Waals surface area contributed by atoms with E-state index in [0.717, 1.165) is 56.4 Å². The monoisotopic (exact) mass is 317 g/mol. The molecule has 1 aliphatic carbocycles. The number of allylic oxidation sites excluding steroid dienone is 1. The van der Waals surface area contributed by atoms with Gasteiger partial charge in [0.15, 0.2) is 0 Å². The molecule has 3 aliphatic heterocycles. The second-order valence-corrected chi connectivity index (χ2v) is 7.23. The molecule has 0 spiro atoms. The fourth-order valence-corrected chi connectivity index (χ4v) is 4.07. The summed E-state index contributed by atoms with van der Waals surface area (Å²) >= 11 is 6.06. The number of carbonyl (C=O) groups is 1. The highest BCUT2D eigenvalue weighted by Gasteiger charge is 2.40. The maximum Gasteiger partial charge on any atom is 0.338 e. The van der Waals surface area contributed by atoms with Crippen LogP contribution in [0.2, 0.25) is 5.02 Å². The lowest BCUT2D eigenvalue weighted by atomic mass is 9.73. The summed E-state index contributed by atoms with van der Waals surface area (Å²) in [7, 11) is 0. The van der Waals surface area contributed by atoms with Crippen molar-refractivity contribution >= 4 is 23.1 Å². The summed E-state index contributed by atoms with van der Waals surface area (Å²) in [5.41, 5.74) is 3.00. The Balaban J connectivity index is 1.45. The first kappa shape index (κ1) is 14.3. The fraction of sp³-hybridized carbons (Fsp3) is 0.500. The van der Waals surface area contributed by atoms with E-state index in [1.54, 1.807) is 0 Å². The van der Waals surface area contributed by atoms with E-state index in [4.69, 9.17) is 16.3 Å². The maximum atomic E-state index is 12.5. The zero-order valence-electron chi connectivity index (χ0n) is 12.6. The first-order valence-corrected chi connectivity index (χ1v) is 8.42. The van der Waals surface area contributed by atoms with Gasteiger partial charge in [-0.05, 0) is 68.6 Å². The molecular weight excluding hydrogens is 298 g/mol. The highest BCUT2D eigenvalue weighted by Crippen LogP contribution is 2.40. The van der Waals surface area contributed by atoms with E-state index in [1.165, 1.54) is 0 Å². The van der Waals surface area contributed by atoms with Crippen LogP contribution in [0.5, 0.6) is 0 Å². The number of hydrogen-bond acceptors (Lipinski definition) is 3. The molecule has 0 unspecified atom stereocenters. The molecule has 0 atom stereocenters. The molecule has 116 valence electrons. The zero-order chi connectivity index (χ0) is 15.2. The van der Waals surface area contributed by atoms with Crippen molar-refractivity contribution in [3.8, 4) is 0 Å². The van der Waals surface area contributed by atoms with Crippen LogP contribution in [0.4, 0.5) is 0 Å². The number of carbonyl (C=O) groups excluding carboxylic acids is 1. The van der Waals surface area contributed by atoms with E-state index in [9.17, 15) is 4.79 Å². The molecule has 2 bridgehead atoms. The van der Waals surface area contributed by atoms with Gasteiger partial charge in [0.1, 0.15) is 0 Å². The molecule has 1 aromatic carbocycles. The Kier molecular flexibility index (Phi) is 3.50. The van der Waals surface area contributed by atoms with Crippen LogP contribution in [0.1, 0.15) is 30.4 Å². The lowest BCUT2D eigenvalue weighted by Gasteiger charge is -2.47. The zero-order valence-corrected chi connectivity index (χ0v) is 13.4. The van der Waals surface area contributed by atoms with E-state index in [1.807, 2.05) is 24.3 Å². The topological polar surface area (TPSA) is 29.5 Å². The van der Waals surface area contributed by atoms with E-state index >= 15 is 0 Å². The lowest BCUT2D eigenvalue weighted by Crippen LogP contribution is -2.50. The van der Waals surface area contributed by atoms with Gasteiger partial charge in [-0.3, -0.25) is 0 Å². The van der Waals surface area contributed by atoms with Gasteiger partial charge < -0.3 is 9.64 Å². The van der Waals surface area contributed by atoms with Gasteiger partial charge in [-0.2, -0.15) is 0 Å². The van der Waals surface area contributed by atoms with Crippen molar-refractivity contribution < 1.29 is 9.53 Å². The molecule has 0 aromatic heterocycles. The van der Waals surface area contributed by atoms with Crippen molar-refractivity contribution in [1.29, 1.82) is 0 Å². The van der Waals surface area contributed by atoms with Crippen molar-refractivity contribution in [2.45, 2.75) is 25.7 Å². The standard InChI is InChI=1S/C18H20ClNO2/c19-14-3-1-13-2-4-15(16(13)11-14)17(21)22-12-18-5-8-20(9-6-18)10-7-18/h1,3-4,11H,2,5-10,12H2. The van der Waals surface area contributed by atoms with Gasteiger partial charge in [-0.1, -0.05) is 23.7 Å². The summed E-state index contributed by atoms with van der Waals surface area (Å²) in [6, 6.07) is 5.73. The van der Waals surface area contributed by atoms with E-state index in [-0.39, 0.29) is 11.4 Å². The third-order valence-corrected chi connectivity index (χ3v) is 5.73. The van der Waals surface area contributed by atoms with Gasteiger partial charge in [0, 0.05) is 10.4 Å². The minimum Gasteiger partial charge on any atom is -0.461 e. The largest absolute Gasteiger partial charge is 0.461 e. The molecule has 0 radical (unpaired) electrons. The molecule has 22 heavy (non-hydrogen) atoms. The van der Waals surface area contributed by atoms with Crippen molar-refractivity contribution in [2.24, 2.45) is 5.41 Å². The normalized spacial score (nSPS) is 29.1. The smallest absolute Gasteiger partial charge is 0.338 e. The Bertz CT molecular complexity index is 631. The highest BCUT2D eigenvalue weighted by atomic mass is 35.5. The van der Waals surface area contributed by atoms with Gasteiger partial charge in [0.2, 0.25) is 0 Å². The summed E-state index contributed by atoms with van der Waals surface area (Å²) in [5.74, 6) is -0.191. The average molecular weight is 318 g/mol. The average Bonchev–Trinajstić information content (AvgIpc) is 2.97. The van der Waals surface area contributed by atoms with Crippen LogP contribution in [0, 0.1) is 5.41 Å². The third-order valence-electron chi connectivity index (χ3n) is 5.49. The highest BCUT2D eigenvalue weighted by molar-refractivity contribution is 6.31. The molecule has 0 amide bonds. The van der Waals surface area contributed by atoms with Crippen LogP contribution in [0.3, 0.4) is 0 Å². The van der Waals surface area contributed by atoms with E-state index in [2.05, 4.69) is 4.90 Å². The number of piperidine rings is 3. The number of benzene rings is 1. The van der Waals surface area contributed by atoms with Gasteiger partial charge in [-0.25, -0.2) is 4.79 Å². The molecule has 4 heteroatoms.